The molecule has 0 atom stereocenters. The van der Waals surface area contributed by atoms with Crippen LogP contribution in [0, 0.1) is 15.9 Å². The van der Waals surface area contributed by atoms with Crippen LogP contribution in [0.5, 0.6) is 0 Å². The van der Waals surface area contributed by atoms with E-state index in [-0.39, 0.29) is 30.3 Å². The number of nitro groups is 1. The van der Waals surface area contributed by atoms with Gasteiger partial charge in [-0.1, -0.05) is 12.1 Å². The predicted molar refractivity (Wildman–Crippen MR) is 114 cm³/mol. The normalized spacial score (nSPS) is 10.5. The van der Waals surface area contributed by atoms with Crippen molar-refractivity contribution in [1.29, 1.82) is 0 Å². The Bertz CT molecular complexity index is 1160. The van der Waals surface area contributed by atoms with Crippen LogP contribution >= 0.6 is 0 Å². The van der Waals surface area contributed by atoms with Gasteiger partial charge in [0, 0.05) is 5.69 Å². The number of rotatable bonds is 8. The molecule has 0 saturated carbocycles. The summed E-state index contributed by atoms with van der Waals surface area (Å²) in [6, 6.07) is 11.1. The summed E-state index contributed by atoms with van der Waals surface area (Å²) in [5.74, 6) is -1.72. The first kappa shape index (κ1) is 22.5. The molecule has 2 N–H and O–H groups in total. The molecule has 3 rings (SSSR count). The highest BCUT2D eigenvalue weighted by atomic mass is 19.1. The van der Waals surface area contributed by atoms with Gasteiger partial charge in [0.2, 0.25) is 0 Å². The van der Waals surface area contributed by atoms with Gasteiger partial charge in [0.1, 0.15) is 22.9 Å². The molecule has 0 radical (unpaired) electrons. The molecule has 32 heavy (non-hydrogen) atoms. The van der Waals surface area contributed by atoms with Crippen molar-refractivity contribution in [2.24, 2.45) is 0 Å². The Morgan fingerprint density at radius 3 is 2.31 bits per heavy atom. The lowest BCUT2D eigenvalue weighted by molar-refractivity contribution is -0.384. The van der Waals surface area contributed by atoms with E-state index in [1.807, 2.05) is 0 Å². The summed E-state index contributed by atoms with van der Waals surface area (Å²) in [7, 11) is 0. The van der Waals surface area contributed by atoms with Crippen molar-refractivity contribution >= 4 is 29.1 Å². The summed E-state index contributed by atoms with van der Waals surface area (Å²) >= 11 is 0. The third-order valence-electron chi connectivity index (χ3n) is 4.44. The van der Waals surface area contributed by atoms with Crippen LogP contribution in [0.3, 0.4) is 0 Å². The molecule has 9 nitrogen and oxygen atoms in total. The van der Waals surface area contributed by atoms with Gasteiger partial charge in [-0.3, -0.25) is 10.1 Å². The first-order valence-corrected chi connectivity index (χ1v) is 9.72. The van der Waals surface area contributed by atoms with Crippen LogP contribution in [-0.4, -0.2) is 35.1 Å². The maximum absolute atomic E-state index is 13.5. The molecule has 0 aliphatic heterocycles. The number of nitrogens with zero attached hydrogens (tertiary/aromatic N) is 1. The number of H-pyrrole nitrogens is 1. The van der Waals surface area contributed by atoms with Gasteiger partial charge in [-0.15, -0.1) is 0 Å². The molecule has 0 saturated heterocycles. The van der Waals surface area contributed by atoms with Gasteiger partial charge >= 0.3 is 11.9 Å². The predicted octanol–water partition coefficient (Wildman–Crippen LogP) is 4.83. The van der Waals surface area contributed by atoms with E-state index in [4.69, 9.17) is 9.47 Å². The lowest BCUT2D eigenvalue weighted by Crippen LogP contribution is -2.07. The zero-order chi connectivity index (χ0) is 23.3. The molecule has 3 aromatic rings. The van der Waals surface area contributed by atoms with Crippen molar-refractivity contribution in [3.8, 4) is 11.3 Å². The number of carbonyl (C=O) groups excluding carboxylic acids is 2. The van der Waals surface area contributed by atoms with Crippen LogP contribution in [0.2, 0.25) is 0 Å². The number of carbonyl (C=O) groups is 2. The van der Waals surface area contributed by atoms with Crippen LogP contribution in [-0.2, 0) is 9.47 Å². The van der Waals surface area contributed by atoms with Crippen LogP contribution in [0.15, 0.2) is 48.5 Å². The number of aromatic nitrogens is 1. The molecular weight excluding hydrogens is 421 g/mol. The van der Waals surface area contributed by atoms with Crippen LogP contribution in [0.1, 0.15) is 34.6 Å². The highest BCUT2D eigenvalue weighted by Gasteiger charge is 2.22. The smallest absolute Gasteiger partial charge is 0.341 e. The first-order valence-electron chi connectivity index (χ1n) is 9.72. The number of halogens is 1. The molecule has 0 spiro atoms. The summed E-state index contributed by atoms with van der Waals surface area (Å²) in [5.41, 5.74) is 1.12. The van der Waals surface area contributed by atoms with E-state index < -0.39 is 28.4 Å². The second-order valence-corrected chi connectivity index (χ2v) is 6.53. The van der Waals surface area contributed by atoms with E-state index >= 15 is 0 Å². The number of hydrogen-bond donors (Lipinski definition) is 2. The highest BCUT2D eigenvalue weighted by molar-refractivity contribution is 5.98. The van der Waals surface area contributed by atoms with Crippen molar-refractivity contribution in [3.63, 3.8) is 0 Å². The average Bonchev–Trinajstić information content (AvgIpc) is 3.19. The monoisotopic (exact) mass is 441 g/mol. The Morgan fingerprint density at radius 1 is 1.03 bits per heavy atom. The minimum Gasteiger partial charge on any atom is -0.462 e. The quantitative estimate of drug-likeness (QED) is 0.292. The molecule has 1 aromatic heterocycles. The molecule has 0 fully saturated rings. The van der Waals surface area contributed by atoms with Crippen LogP contribution < -0.4 is 5.32 Å². The van der Waals surface area contributed by atoms with Gasteiger partial charge in [-0.2, -0.15) is 0 Å². The van der Waals surface area contributed by atoms with Gasteiger partial charge in [-0.05, 0) is 49.7 Å². The average molecular weight is 441 g/mol. The largest absolute Gasteiger partial charge is 0.462 e. The Balaban J connectivity index is 1.99. The molecule has 0 unspecified atom stereocenters. The Kier molecular flexibility index (Phi) is 6.83. The molecule has 1 heterocycles. The van der Waals surface area contributed by atoms with Crippen molar-refractivity contribution < 1.29 is 28.4 Å². The number of nitrogens with one attached hydrogen (secondary N) is 2. The number of hydrogen-bond acceptors (Lipinski definition) is 7. The molecule has 0 amide bonds. The van der Waals surface area contributed by atoms with Crippen LogP contribution in [0.25, 0.3) is 11.3 Å². The second kappa shape index (κ2) is 9.73. The van der Waals surface area contributed by atoms with Crippen molar-refractivity contribution in [3.05, 3.63) is 75.6 Å². The summed E-state index contributed by atoms with van der Waals surface area (Å²) in [4.78, 5) is 37.9. The first-order chi connectivity index (χ1) is 15.3. The lowest BCUT2D eigenvalue weighted by Gasteiger charge is -2.08. The van der Waals surface area contributed by atoms with E-state index in [2.05, 4.69) is 10.3 Å². The van der Waals surface area contributed by atoms with E-state index in [0.29, 0.717) is 16.8 Å². The fraction of sp³-hybridized carbons (Fsp3) is 0.182. The zero-order valence-electron chi connectivity index (χ0n) is 17.3. The Morgan fingerprint density at radius 2 is 1.69 bits per heavy atom. The zero-order valence-corrected chi connectivity index (χ0v) is 17.3. The number of ether oxygens (including phenoxy) is 2. The molecule has 2 aromatic carbocycles. The molecule has 0 aliphatic carbocycles. The molecular formula is C22H20FN3O6. The van der Waals surface area contributed by atoms with E-state index in [1.54, 1.807) is 38.1 Å². The Labute approximate surface area is 182 Å². The third kappa shape index (κ3) is 4.91. The fourth-order valence-corrected chi connectivity index (χ4v) is 2.98. The third-order valence-corrected chi connectivity index (χ3v) is 4.44. The maximum Gasteiger partial charge on any atom is 0.341 e. The van der Waals surface area contributed by atoms with Gasteiger partial charge < -0.3 is 19.8 Å². The maximum atomic E-state index is 13.5. The molecule has 10 heteroatoms. The van der Waals surface area contributed by atoms with E-state index in [1.165, 1.54) is 12.1 Å². The summed E-state index contributed by atoms with van der Waals surface area (Å²) in [6.45, 7) is 3.74. The van der Waals surface area contributed by atoms with Gasteiger partial charge in [0.05, 0.1) is 29.8 Å². The minimum atomic E-state index is -0.762. The lowest BCUT2D eigenvalue weighted by atomic mass is 10.1. The minimum absolute atomic E-state index is 0.00647. The van der Waals surface area contributed by atoms with Gasteiger partial charge in [0.25, 0.3) is 5.69 Å². The summed E-state index contributed by atoms with van der Waals surface area (Å²) in [6.07, 6.45) is 0. The standard InChI is InChI=1S/C22H20FN3O6/c1-3-31-21(27)14-7-5-13(6-8-14)18-12-16(22(28)32-4-2)20(25-18)24-17-10-9-15(23)11-19(17)26(29)30/h5-12,24-25H,3-4H2,1-2H3. The number of nitro benzene ring substituents is 1. The van der Waals surface area contributed by atoms with Crippen molar-refractivity contribution in [1.82, 2.24) is 4.98 Å². The van der Waals surface area contributed by atoms with Crippen LogP contribution in [0.4, 0.5) is 21.6 Å². The molecule has 0 bridgehead atoms. The fourth-order valence-electron chi connectivity index (χ4n) is 2.98. The SMILES string of the molecule is CCOC(=O)c1ccc(-c2cc(C(=O)OCC)c(Nc3ccc(F)cc3[N+](=O)[O-])[nH]2)cc1. The van der Waals surface area contributed by atoms with Gasteiger partial charge in [0.15, 0.2) is 0 Å². The number of aromatic amines is 1. The van der Waals surface area contributed by atoms with Crippen molar-refractivity contribution in [2.75, 3.05) is 18.5 Å². The summed E-state index contributed by atoms with van der Waals surface area (Å²) < 4.78 is 23.5. The van der Waals surface area contributed by atoms with E-state index in [0.717, 1.165) is 12.1 Å². The molecule has 0 aliphatic rings. The molecule has 166 valence electrons. The summed E-state index contributed by atoms with van der Waals surface area (Å²) in [5, 5.41) is 14.1. The number of benzene rings is 2. The van der Waals surface area contributed by atoms with E-state index in [9.17, 15) is 24.1 Å². The topological polar surface area (TPSA) is 124 Å². The Hall–Kier alpha value is -4.21. The number of anilines is 2. The second-order valence-electron chi connectivity index (χ2n) is 6.53. The van der Waals surface area contributed by atoms with Gasteiger partial charge in [-0.25, -0.2) is 14.0 Å². The number of esters is 2. The highest BCUT2D eigenvalue weighted by Crippen LogP contribution is 2.32. The van der Waals surface area contributed by atoms with Crippen molar-refractivity contribution in [2.45, 2.75) is 13.8 Å².